The van der Waals surface area contributed by atoms with Crippen LogP contribution in [0.3, 0.4) is 0 Å². The molecule has 0 fully saturated rings. The number of hydrogen-bond donors (Lipinski definition) is 1. The minimum atomic E-state index is 0.290. The Morgan fingerprint density at radius 3 is 3.00 bits per heavy atom. The molecule has 0 aliphatic carbocycles. The smallest absolute Gasteiger partial charge is 0.0642 e. The summed E-state index contributed by atoms with van der Waals surface area (Å²) in [6.45, 7) is 5.58. The third kappa shape index (κ3) is 4.07. The number of hydrogen-bond acceptors (Lipinski definition) is 3. The van der Waals surface area contributed by atoms with Crippen molar-refractivity contribution in [3.63, 3.8) is 0 Å². The number of halogens is 1. The van der Waals surface area contributed by atoms with Gasteiger partial charge in [0.2, 0.25) is 0 Å². The van der Waals surface area contributed by atoms with Crippen LogP contribution in [0.1, 0.15) is 13.8 Å². The van der Waals surface area contributed by atoms with Gasteiger partial charge in [0.05, 0.1) is 22.9 Å². The lowest BCUT2D eigenvalue weighted by molar-refractivity contribution is 0.0870. The summed E-state index contributed by atoms with van der Waals surface area (Å²) < 4.78 is 6.39. The summed E-state index contributed by atoms with van der Waals surface area (Å²) in [5, 5.41) is 3.26. The second-order valence-electron chi connectivity index (χ2n) is 3.20. The van der Waals surface area contributed by atoms with Gasteiger partial charge < -0.3 is 10.1 Å². The van der Waals surface area contributed by atoms with Crippen molar-refractivity contribution in [2.24, 2.45) is 0 Å². The van der Waals surface area contributed by atoms with Crippen LogP contribution in [0, 0.1) is 0 Å². The second kappa shape index (κ2) is 5.98. The minimum Gasteiger partial charge on any atom is -0.382 e. The number of nitrogens with zero attached hydrogens (tertiary/aromatic N) is 1. The molecule has 1 aromatic heterocycles. The molecule has 1 aromatic rings. The van der Waals surface area contributed by atoms with E-state index in [1.165, 1.54) is 0 Å². The van der Waals surface area contributed by atoms with Crippen molar-refractivity contribution in [3.8, 4) is 0 Å². The Balaban J connectivity index is 2.28. The molecule has 0 aliphatic heterocycles. The Hall–Kier alpha value is -0.610. The average molecular weight is 259 g/mol. The second-order valence-corrected chi connectivity index (χ2v) is 4.06. The normalized spacial score (nSPS) is 10.6. The molecule has 0 aliphatic rings. The van der Waals surface area contributed by atoms with Gasteiger partial charge in [-0.15, -0.1) is 0 Å². The number of ether oxygens (including phenoxy) is 1. The van der Waals surface area contributed by atoms with Crippen LogP contribution in [0.2, 0.25) is 0 Å². The molecule has 0 radical (unpaired) electrons. The van der Waals surface area contributed by atoms with Crippen molar-refractivity contribution in [1.29, 1.82) is 0 Å². The fraction of sp³-hybridized carbons (Fsp3) is 0.500. The van der Waals surface area contributed by atoms with Crippen molar-refractivity contribution in [2.45, 2.75) is 20.0 Å². The first kappa shape index (κ1) is 11.5. The van der Waals surface area contributed by atoms with Gasteiger partial charge in [0, 0.05) is 18.9 Å². The molecule has 4 heteroatoms. The zero-order chi connectivity index (χ0) is 10.4. The molecule has 78 valence electrons. The predicted molar refractivity (Wildman–Crippen MR) is 61.5 cm³/mol. The van der Waals surface area contributed by atoms with Crippen LogP contribution in [-0.2, 0) is 4.74 Å². The van der Waals surface area contributed by atoms with Gasteiger partial charge in [-0.25, -0.2) is 0 Å². The van der Waals surface area contributed by atoms with Crippen LogP contribution < -0.4 is 5.32 Å². The Morgan fingerprint density at radius 2 is 2.36 bits per heavy atom. The van der Waals surface area contributed by atoms with Crippen LogP contribution in [-0.4, -0.2) is 24.2 Å². The Kier molecular flexibility index (Phi) is 4.90. The largest absolute Gasteiger partial charge is 0.382 e. The highest BCUT2D eigenvalue weighted by Gasteiger charge is 1.97. The van der Waals surface area contributed by atoms with Gasteiger partial charge in [0.15, 0.2) is 0 Å². The Labute approximate surface area is 93.0 Å². The fourth-order valence-corrected chi connectivity index (χ4v) is 1.39. The summed E-state index contributed by atoms with van der Waals surface area (Å²) in [5.41, 5.74) is 1.05. The van der Waals surface area contributed by atoms with Crippen molar-refractivity contribution >= 4 is 21.6 Å². The van der Waals surface area contributed by atoms with E-state index in [0.29, 0.717) is 6.61 Å². The molecular formula is C10H15BrN2O. The van der Waals surface area contributed by atoms with Crippen molar-refractivity contribution < 1.29 is 4.74 Å². The monoisotopic (exact) mass is 258 g/mol. The number of anilines is 1. The van der Waals surface area contributed by atoms with E-state index in [-0.39, 0.29) is 6.10 Å². The van der Waals surface area contributed by atoms with E-state index in [1.807, 2.05) is 19.9 Å². The third-order valence-electron chi connectivity index (χ3n) is 1.64. The highest BCUT2D eigenvalue weighted by Crippen LogP contribution is 2.19. The summed E-state index contributed by atoms with van der Waals surface area (Å²) in [6, 6.07) is 1.93. The van der Waals surface area contributed by atoms with Crippen LogP contribution in [0.5, 0.6) is 0 Å². The molecule has 0 atom stereocenters. The van der Waals surface area contributed by atoms with E-state index in [4.69, 9.17) is 4.74 Å². The molecule has 1 rings (SSSR count). The SMILES string of the molecule is CC(C)OCCNc1ccncc1Br. The molecule has 0 bridgehead atoms. The lowest BCUT2D eigenvalue weighted by Crippen LogP contribution is -2.13. The molecular weight excluding hydrogens is 244 g/mol. The summed E-state index contributed by atoms with van der Waals surface area (Å²) in [5.74, 6) is 0. The van der Waals surface area contributed by atoms with Crippen LogP contribution >= 0.6 is 15.9 Å². The van der Waals surface area contributed by atoms with Gasteiger partial charge in [-0.1, -0.05) is 0 Å². The van der Waals surface area contributed by atoms with Crippen LogP contribution in [0.25, 0.3) is 0 Å². The summed E-state index contributed by atoms with van der Waals surface area (Å²) in [6.07, 6.45) is 3.82. The van der Waals surface area contributed by atoms with Gasteiger partial charge in [-0.3, -0.25) is 4.98 Å². The molecule has 0 amide bonds. The molecule has 1 N–H and O–H groups in total. The number of aromatic nitrogens is 1. The first-order valence-electron chi connectivity index (χ1n) is 4.65. The third-order valence-corrected chi connectivity index (χ3v) is 2.27. The van der Waals surface area contributed by atoms with E-state index >= 15 is 0 Å². The maximum atomic E-state index is 5.41. The summed E-state index contributed by atoms with van der Waals surface area (Å²) in [7, 11) is 0. The van der Waals surface area contributed by atoms with E-state index in [9.17, 15) is 0 Å². The first-order chi connectivity index (χ1) is 6.70. The molecule has 1 heterocycles. The predicted octanol–water partition coefficient (Wildman–Crippen LogP) is 2.68. The molecule has 14 heavy (non-hydrogen) atoms. The summed E-state index contributed by atoms with van der Waals surface area (Å²) >= 11 is 3.41. The van der Waals surface area contributed by atoms with E-state index in [0.717, 1.165) is 16.7 Å². The Bertz CT molecular complexity index is 279. The van der Waals surface area contributed by atoms with E-state index in [2.05, 4.69) is 26.2 Å². The van der Waals surface area contributed by atoms with Gasteiger partial charge in [-0.2, -0.15) is 0 Å². The average Bonchev–Trinajstić information content (AvgIpc) is 2.15. The maximum Gasteiger partial charge on any atom is 0.0642 e. The molecule has 0 spiro atoms. The molecule has 0 saturated heterocycles. The molecule has 0 saturated carbocycles. The standard InChI is InChI=1S/C10H15BrN2O/c1-8(2)14-6-5-13-10-3-4-12-7-9(10)11/h3-4,7-8H,5-6H2,1-2H3,(H,12,13). The van der Waals surface area contributed by atoms with Crippen molar-refractivity contribution in [3.05, 3.63) is 22.9 Å². The fourth-order valence-electron chi connectivity index (χ4n) is 0.999. The highest BCUT2D eigenvalue weighted by atomic mass is 79.9. The molecule has 0 aromatic carbocycles. The number of rotatable bonds is 5. The van der Waals surface area contributed by atoms with E-state index in [1.54, 1.807) is 12.4 Å². The number of pyridine rings is 1. The summed E-state index contributed by atoms with van der Waals surface area (Å²) in [4.78, 5) is 3.98. The quantitative estimate of drug-likeness (QED) is 0.825. The zero-order valence-corrected chi connectivity index (χ0v) is 10.0. The highest BCUT2D eigenvalue weighted by molar-refractivity contribution is 9.10. The van der Waals surface area contributed by atoms with Gasteiger partial charge >= 0.3 is 0 Å². The molecule has 3 nitrogen and oxygen atoms in total. The van der Waals surface area contributed by atoms with Crippen molar-refractivity contribution in [2.75, 3.05) is 18.5 Å². The lowest BCUT2D eigenvalue weighted by Gasteiger charge is -2.10. The minimum absolute atomic E-state index is 0.290. The first-order valence-corrected chi connectivity index (χ1v) is 5.44. The van der Waals surface area contributed by atoms with Crippen LogP contribution in [0.15, 0.2) is 22.9 Å². The van der Waals surface area contributed by atoms with Gasteiger partial charge in [-0.05, 0) is 35.8 Å². The van der Waals surface area contributed by atoms with E-state index < -0.39 is 0 Å². The van der Waals surface area contributed by atoms with Gasteiger partial charge in [0.25, 0.3) is 0 Å². The number of nitrogens with one attached hydrogen (secondary N) is 1. The topological polar surface area (TPSA) is 34.1 Å². The van der Waals surface area contributed by atoms with Gasteiger partial charge in [0.1, 0.15) is 0 Å². The van der Waals surface area contributed by atoms with Crippen molar-refractivity contribution in [1.82, 2.24) is 4.98 Å². The zero-order valence-electron chi connectivity index (χ0n) is 8.46. The lowest BCUT2D eigenvalue weighted by atomic mass is 10.4. The molecule has 0 unspecified atom stereocenters. The maximum absolute atomic E-state index is 5.41. The van der Waals surface area contributed by atoms with Crippen LogP contribution in [0.4, 0.5) is 5.69 Å². The Morgan fingerprint density at radius 1 is 1.57 bits per heavy atom.